The third kappa shape index (κ3) is 4.66. The van der Waals surface area contributed by atoms with Crippen LogP contribution in [-0.2, 0) is 0 Å². The van der Waals surface area contributed by atoms with Crippen LogP contribution in [0.1, 0.15) is 15.2 Å². The maximum Gasteiger partial charge on any atom is 0.573 e. The number of halogens is 4. The molecule has 0 unspecified atom stereocenters. The maximum absolute atomic E-state index is 12.5. The van der Waals surface area contributed by atoms with Gasteiger partial charge in [0.2, 0.25) is 5.78 Å². The molecule has 0 saturated carbocycles. The van der Waals surface area contributed by atoms with E-state index in [2.05, 4.69) is 20.0 Å². The van der Waals surface area contributed by atoms with Crippen molar-refractivity contribution in [3.8, 4) is 5.75 Å². The average molecular weight is 415 g/mol. The van der Waals surface area contributed by atoms with Crippen LogP contribution in [0.25, 0.3) is 0 Å². The highest BCUT2D eigenvalue weighted by molar-refractivity contribution is 7.18. The van der Waals surface area contributed by atoms with Gasteiger partial charge < -0.3 is 15.8 Å². The van der Waals surface area contributed by atoms with Gasteiger partial charge in [-0.25, -0.2) is 4.98 Å². The van der Waals surface area contributed by atoms with E-state index in [0.29, 0.717) is 11.3 Å². The van der Waals surface area contributed by atoms with Gasteiger partial charge in [-0.2, -0.15) is 0 Å². The molecule has 0 aliphatic heterocycles. The summed E-state index contributed by atoms with van der Waals surface area (Å²) in [7, 11) is 0. The Balaban J connectivity index is 1.79. The van der Waals surface area contributed by atoms with E-state index in [0.717, 1.165) is 17.4 Å². The van der Waals surface area contributed by atoms with E-state index in [1.165, 1.54) is 24.5 Å². The first-order valence-electron chi connectivity index (χ1n) is 7.26. The Kier molecular flexibility index (Phi) is 5.19. The number of nitrogen functional groups attached to an aromatic ring is 1. The number of alkyl halides is 3. The summed E-state index contributed by atoms with van der Waals surface area (Å²) < 4.78 is 40.6. The molecule has 11 heteroatoms. The fourth-order valence-electron chi connectivity index (χ4n) is 2.09. The van der Waals surface area contributed by atoms with Crippen LogP contribution in [0.4, 0.5) is 29.8 Å². The van der Waals surface area contributed by atoms with Gasteiger partial charge in [-0.1, -0.05) is 22.9 Å². The number of aromatic nitrogens is 2. The quantitative estimate of drug-likeness (QED) is 0.591. The van der Waals surface area contributed by atoms with Gasteiger partial charge in [0, 0.05) is 23.6 Å². The minimum atomic E-state index is -4.84. The Labute approximate surface area is 159 Å². The number of hydrogen-bond acceptors (Lipinski definition) is 7. The van der Waals surface area contributed by atoms with E-state index in [1.54, 1.807) is 12.1 Å². The fourth-order valence-corrected chi connectivity index (χ4v) is 3.18. The minimum Gasteiger partial charge on any atom is -0.404 e. The standard InChI is InChI=1S/C16H10ClF3N4O2S/c17-10-7-9(1-2-11(10)26-16(18,19)20)23-15-24-14(21)13(27-15)12(25)8-3-5-22-6-4-8/h1-7H,21H2,(H,23,24). The number of thiazole rings is 1. The van der Waals surface area contributed by atoms with E-state index in [9.17, 15) is 18.0 Å². The summed E-state index contributed by atoms with van der Waals surface area (Å²) in [4.78, 5) is 20.6. The number of carbonyl (C=O) groups excluding carboxylic acids is 1. The van der Waals surface area contributed by atoms with Gasteiger partial charge in [-0.15, -0.1) is 13.2 Å². The second-order valence-electron chi connectivity index (χ2n) is 5.12. The summed E-state index contributed by atoms with van der Waals surface area (Å²) >= 11 is 6.81. The number of benzene rings is 1. The molecule has 3 rings (SSSR count). The molecular weight excluding hydrogens is 405 g/mol. The Bertz CT molecular complexity index is 980. The first kappa shape index (κ1) is 18.9. The zero-order valence-electron chi connectivity index (χ0n) is 13.2. The van der Waals surface area contributed by atoms with E-state index in [-0.39, 0.29) is 26.6 Å². The first-order chi connectivity index (χ1) is 12.7. The highest BCUT2D eigenvalue weighted by Crippen LogP contribution is 2.34. The lowest BCUT2D eigenvalue weighted by molar-refractivity contribution is -0.274. The van der Waals surface area contributed by atoms with Gasteiger partial charge in [-0.05, 0) is 30.3 Å². The van der Waals surface area contributed by atoms with Gasteiger partial charge in [0.15, 0.2) is 5.13 Å². The van der Waals surface area contributed by atoms with Crippen molar-refractivity contribution in [3.05, 3.63) is 58.2 Å². The predicted molar refractivity (Wildman–Crippen MR) is 95.6 cm³/mol. The van der Waals surface area contributed by atoms with E-state index < -0.39 is 12.1 Å². The van der Waals surface area contributed by atoms with Gasteiger partial charge in [0.1, 0.15) is 16.4 Å². The maximum atomic E-state index is 12.5. The number of ketones is 1. The molecule has 0 atom stereocenters. The van der Waals surface area contributed by atoms with Gasteiger partial charge in [0.25, 0.3) is 0 Å². The van der Waals surface area contributed by atoms with Crippen molar-refractivity contribution in [3.63, 3.8) is 0 Å². The summed E-state index contributed by atoms with van der Waals surface area (Å²) in [6.07, 6.45) is -1.88. The van der Waals surface area contributed by atoms with Crippen molar-refractivity contribution in [2.24, 2.45) is 0 Å². The average Bonchev–Trinajstić information content (AvgIpc) is 2.96. The monoisotopic (exact) mass is 414 g/mol. The van der Waals surface area contributed by atoms with Gasteiger partial charge in [-0.3, -0.25) is 9.78 Å². The summed E-state index contributed by atoms with van der Waals surface area (Å²) in [5.41, 5.74) is 6.57. The van der Waals surface area contributed by atoms with Crippen molar-refractivity contribution in [2.45, 2.75) is 6.36 Å². The van der Waals surface area contributed by atoms with Crippen molar-refractivity contribution < 1.29 is 22.7 Å². The Morgan fingerprint density at radius 3 is 2.56 bits per heavy atom. The Hall–Kier alpha value is -2.85. The van der Waals surface area contributed by atoms with Crippen LogP contribution in [0.3, 0.4) is 0 Å². The third-order valence-electron chi connectivity index (χ3n) is 3.21. The molecule has 0 saturated heterocycles. The number of nitrogens with two attached hydrogens (primary N) is 1. The zero-order chi connectivity index (χ0) is 19.6. The normalized spacial score (nSPS) is 11.3. The number of anilines is 3. The predicted octanol–water partition coefficient (Wildman–Crippen LogP) is 4.65. The largest absolute Gasteiger partial charge is 0.573 e. The number of carbonyl (C=O) groups is 1. The SMILES string of the molecule is Nc1nc(Nc2ccc(OC(F)(F)F)c(Cl)c2)sc1C(=O)c1ccncc1. The molecule has 0 aliphatic carbocycles. The molecule has 0 bridgehead atoms. The Morgan fingerprint density at radius 1 is 1.22 bits per heavy atom. The summed E-state index contributed by atoms with van der Waals surface area (Å²) in [6.45, 7) is 0. The van der Waals surface area contributed by atoms with E-state index >= 15 is 0 Å². The van der Waals surface area contributed by atoms with Gasteiger partial charge >= 0.3 is 6.36 Å². The van der Waals surface area contributed by atoms with Crippen LogP contribution in [0.15, 0.2) is 42.7 Å². The number of nitrogens with one attached hydrogen (secondary N) is 1. The van der Waals surface area contributed by atoms with Crippen molar-refractivity contribution >= 4 is 45.4 Å². The second kappa shape index (κ2) is 7.41. The summed E-state index contributed by atoms with van der Waals surface area (Å²) in [6, 6.07) is 6.74. The molecule has 0 spiro atoms. The molecule has 0 amide bonds. The molecule has 2 aromatic heterocycles. The van der Waals surface area contributed by atoms with Gasteiger partial charge in [0.05, 0.1) is 5.02 Å². The van der Waals surface area contributed by atoms with Crippen molar-refractivity contribution in [1.82, 2.24) is 9.97 Å². The summed E-state index contributed by atoms with van der Waals surface area (Å²) in [5, 5.41) is 2.89. The van der Waals surface area contributed by atoms with Crippen LogP contribution in [0, 0.1) is 0 Å². The lowest BCUT2D eigenvalue weighted by atomic mass is 10.1. The topological polar surface area (TPSA) is 90.1 Å². The molecular formula is C16H10ClF3N4O2S. The number of nitrogens with zero attached hydrogens (tertiary/aromatic N) is 2. The molecule has 0 fully saturated rings. The number of pyridine rings is 1. The highest BCUT2D eigenvalue weighted by atomic mass is 35.5. The first-order valence-corrected chi connectivity index (χ1v) is 8.46. The van der Waals surface area contributed by atoms with Crippen molar-refractivity contribution in [2.75, 3.05) is 11.1 Å². The fraction of sp³-hybridized carbons (Fsp3) is 0.0625. The molecule has 1 aromatic carbocycles. The second-order valence-corrected chi connectivity index (χ2v) is 6.52. The van der Waals surface area contributed by atoms with Crippen molar-refractivity contribution in [1.29, 1.82) is 0 Å². The van der Waals surface area contributed by atoms with E-state index in [1.807, 2.05) is 0 Å². The molecule has 0 radical (unpaired) electrons. The molecule has 2 heterocycles. The molecule has 27 heavy (non-hydrogen) atoms. The minimum absolute atomic E-state index is 0.0347. The molecule has 3 N–H and O–H groups in total. The van der Waals surface area contributed by atoms with Crippen LogP contribution < -0.4 is 15.8 Å². The zero-order valence-corrected chi connectivity index (χ0v) is 14.8. The van der Waals surface area contributed by atoms with Crippen LogP contribution in [-0.4, -0.2) is 22.1 Å². The molecule has 3 aromatic rings. The molecule has 140 valence electrons. The number of rotatable bonds is 5. The van der Waals surface area contributed by atoms with E-state index in [4.69, 9.17) is 17.3 Å². The van der Waals surface area contributed by atoms with Crippen LogP contribution >= 0.6 is 22.9 Å². The highest BCUT2D eigenvalue weighted by Gasteiger charge is 2.32. The lowest BCUT2D eigenvalue weighted by Gasteiger charge is -2.11. The smallest absolute Gasteiger partial charge is 0.404 e. The Morgan fingerprint density at radius 2 is 1.93 bits per heavy atom. The third-order valence-corrected chi connectivity index (χ3v) is 4.49. The van der Waals surface area contributed by atoms with Crippen LogP contribution in [0.5, 0.6) is 5.75 Å². The number of ether oxygens (including phenoxy) is 1. The molecule has 6 nitrogen and oxygen atoms in total. The summed E-state index contributed by atoms with van der Waals surface area (Å²) in [5.74, 6) is -0.804. The molecule has 0 aliphatic rings. The number of hydrogen-bond donors (Lipinski definition) is 2. The van der Waals surface area contributed by atoms with Crippen LogP contribution in [0.2, 0.25) is 5.02 Å². The lowest BCUT2D eigenvalue weighted by Crippen LogP contribution is -2.17.